The minimum Gasteiger partial charge on any atom is -0.472 e. The van der Waals surface area contributed by atoms with E-state index in [4.69, 9.17) is 10.6 Å². The highest BCUT2D eigenvalue weighted by molar-refractivity contribution is 9.10. The normalized spacial score (nSPS) is 10.2. The molecule has 0 radical (unpaired) electrons. The van der Waals surface area contributed by atoms with Crippen LogP contribution in [0.15, 0.2) is 34.9 Å². The molecule has 0 saturated carbocycles. The van der Waals surface area contributed by atoms with Crippen LogP contribution < -0.4 is 16.0 Å². The number of aromatic nitrogens is 2. The Labute approximate surface area is 113 Å². The molecule has 0 aliphatic heterocycles. The van der Waals surface area contributed by atoms with Crippen molar-refractivity contribution in [3.8, 4) is 5.88 Å². The number of aryl methyl sites for hydroxylation is 1. The molecule has 6 heteroatoms. The van der Waals surface area contributed by atoms with Crippen molar-refractivity contribution in [3.05, 3.63) is 46.1 Å². The van der Waals surface area contributed by atoms with Crippen LogP contribution in [0.4, 0.5) is 5.95 Å². The minimum absolute atomic E-state index is 0.339. The lowest BCUT2D eigenvalue weighted by atomic mass is 10.2. The summed E-state index contributed by atoms with van der Waals surface area (Å²) in [6.45, 7) is 2.34. The van der Waals surface area contributed by atoms with Gasteiger partial charge in [0, 0.05) is 16.2 Å². The van der Waals surface area contributed by atoms with E-state index in [2.05, 4.69) is 31.3 Å². The molecule has 0 atom stereocenters. The summed E-state index contributed by atoms with van der Waals surface area (Å²) in [4.78, 5) is 8.14. The van der Waals surface area contributed by atoms with E-state index in [0.29, 0.717) is 18.4 Å². The number of halogens is 1. The molecule has 1 aromatic carbocycles. The molecule has 0 bridgehead atoms. The van der Waals surface area contributed by atoms with Crippen LogP contribution in [0.5, 0.6) is 5.88 Å². The molecule has 1 aromatic heterocycles. The van der Waals surface area contributed by atoms with Crippen molar-refractivity contribution in [3.63, 3.8) is 0 Å². The first-order valence-corrected chi connectivity index (χ1v) is 6.16. The van der Waals surface area contributed by atoms with E-state index in [-0.39, 0.29) is 0 Å². The molecular formula is C12H13BrN4O. The molecule has 1 heterocycles. The van der Waals surface area contributed by atoms with Crippen LogP contribution in [0.2, 0.25) is 0 Å². The number of nitrogens with zero attached hydrogens (tertiary/aromatic N) is 2. The highest BCUT2D eigenvalue weighted by atomic mass is 79.9. The highest BCUT2D eigenvalue weighted by Gasteiger charge is 2.04. The van der Waals surface area contributed by atoms with Gasteiger partial charge in [0.25, 0.3) is 0 Å². The third kappa shape index (κ3) is 3.18. The Balaban J connectivity index is 2.07. The number of rotatable bonds is 4. The maximum Gasteiger partial charge on any atom is 0.240 e. The second-order valence-corrected chi connectivity index (χ2v) is 4.66. The largest absolute Gasteiger partial charge is 0.472 e. The van der Waals surface area contributed by atoms with E-state index in [1.165, 1.54) is 0 Å². The smallest absolute Gasteiger partial charge is 0.240 e. The van der Waals surface area contributed by atoms with E-state index in [1.54, 1.807) is 6.20 Å². The van der Waals surface area contributed by atoms with Crippen LogP contribution in [-0.4, -0.2) is 9.97 Å². The quantitative estimate of drug-likeness (QED) is 0.670. The molecule has 94 valence electrons. The van der Waals surface area contributed by atoms with Gasteiger partial charge in [0.1, 0.15) is 6.61 Å². The third-order valence-corrected chi connectivity index (χ3v) is 2.87. The molecule has 0 saturated heterocycles. The van der Waals surface area contributed by atoms with Gasteiger partial charge in [-0.25, -0.2) is 10.8 Å². The third-order valence-electron chi connectivity index (χ3n) is 2.34. The zero-order valence-corrected chi connectivity index (χ0v) is 11.4. The summed E-state index contributed by atoms with van der Waals surface area (Å²) in [6.07, 6.45) is 1.67. The zero-order valence-electron chi connectivity index (χ0n) is 9.85. The number of hydrogen-bond donors (Lipinski definition) is 2. The second kappa shape index (κ2) is 5.79. The summed E-state index contributed by atoms with van der Waals surface area (Å²) < 4.78 is 6.68. The van der Waals surface area contributed by atoms with Gasteiger partial charge in [-0.2, -0.15) is 4.98 Å². The van der Waals surface area contributed by atoms with Crippen LogP contribution in [0.3, 0.4) is 0 Å². The van der Waals surface area contributed by atoms with Crippen molar-refractivity contribution in [1.82, 2.24) is 9.97 Å². The van der Waals surface area contributed by atoms with Gasteiger partial charge in [-0.05, 0) is 24.6 Å². The first-order chi connectivity index (χ1) is 8.69. The van der Waals surface area contributed by atoms with Crippen LogP contribution in [-0.2, 0) is 6.61 Å². The summed E-state index contributed by atoms with van der Waals surface area (Å²) in [5, 5.41) is 0. The maximum absolute atomic E-state index is 5.64. The predicted octanol–water partition coefficient (Wildman–Crippen LogP) is 2.41. The molecule has 0 spiro atoms. The van der Waals surface area contributed by atoms with E-state index in [1.807, 2.05) is 31.2 Å². The van der Waals surface area contributed by atoms with Crippen molar-refractivity contribution in [2.24, 2.45) is 5.84 Å². The number of anilines is 1. The Hall–Kier alpha value is -1.66. The van der Waals surface area contributed by atoms with Crippen LogP contribution >= 0.6 is 15.9 Å². The van der Waals surface area contributed by atoms with Gasteiger partial charge in [0.2, 0.25) is 11.8 Å². The molecule has 3 N–H and O–H groups in total. The maximum atomic E-state index is 5.64. The standard InChI is InChI=1S/C12H13BrN4O/c1-8-6-15-12(17-14)16-11(8)18-7-9-2-4-10(13)5-3-9/h2-6H,7,14H2,1H3,(H,15,16,17). The number of ether oxygens (including phenoxy) is 1. The predicted molar refractivity (Wildman–Crippen MR) is 73.1 cm³/mol. The van der Waals surface area contributed by atoms with Gasteiger partial charge in [-0.1, -0.05) is 28.1 Å². The fraction of sp³-hybridized carbons (Fsp3) is 0.167. The van der Waals surface area contributed by atoms with Gasteiger partial charge in [-0.3, -0.25) is 5.43 Å². The summed E-state index contributed by atoms with van der Waals surface area (Å²) in [5.74, 6) is 6.12. The van der Waals surface area contributed by atoms with Crippen molar-refractivity contribution >= 4 is 21.9 Å². The number of benzene rings is 1. The summed E-state index contributed by atoms with van der Waals surface area (Å²) in [7, 11) is 0. The molecule has 5 nitrogen and oxygen atoms in total. The molecule has 0 aliphatic carbocycles. The number of nitrogens with two attached hydrogens (primary N) is 1. The van der Waals surface area contributed by atoms with Gasteiger partial charge >= 0.3 is 0 Å². The molecule has 0 unspecified atom stereocenters. The lowest BCUT2D eigenvalue weighted by Crippen LogP contribution is -2.11. The van der Waals surface area contributed by atoms with Crippen LogP contribution in [0.1, 0.15) is 11.1 Å². The van der Waals surface area contributed by atoms with E-state index in [9.17, 15) is 0 Å². The number of nitrogens with one attached hydrogen (secondary N) is 1. The molecule has 2 aromatic rings. The topological polar surface area (TPSA) is 73.1 Å². The van der Waals surface area contributed by atoms with Crippen molar-refractivity contribution < 1.29 is 4.74 Å². The Morgan fingerprint density at radius 2 is 2.06 bits per heavy atom. The Morgan fingerprint density at radius 3 is 2.72 bits per heavy atom. The number of hydrazine groups is 1. The molecule has 0 fully saturated rings. The summed E-state index contributed by atoms with van der Waals surface area (Å²) >= 11 is 3.39. The zero-order chi connectivity index (χ0) is 13.0. The lowest BCUT2D eigenvalue weighted by molar-refractivity contribution is 0.291. The molecule has 0 aliphatic rings. The van der Waals surface area contributed by atoms with E-state index < -0.39 is 0 Å². The highest BCUT2D eigenvalue weighted by Crippen LogP contribution is 2.17. The molecule has 2 rings (SSSR count). The number of hydrogen-bond acceptors (Lipinski definition) is 5. The average molecular weight is 309 g/mol. The van der Waals surface area contributed by atoms with Gasteiger partial charge in [0.05, 0.1) is 0 Å². The van der Waals surface area contributed by atoms with Crippen molar-refractivity contribution in [2.45, 2.75) is 13.5 Å². The molecule has 18 heavy (non-hydrogen) atoms. The molecular weight excluding hydrogens is 296 g/mol. The Morgan fingerprint density at radius 1 is 1.33 bits per heavy atom. The summed E-state index contributed by atoms with van der Waals surface area (Å²) in [6, 6.07) is 7.92. The van der Waals surface area contributed by atoms with Crippen LogP contribution in [0.25, 0.3) is 0 Å². The monoisotopic (exact) mass is 308 g/mol. The van der Waals surface area contributed by atoms with Gasteiger partial charge < -0.3 is 4.74 Å². The Bertz CT molecular complexity index is 530. The van der Waals surface area contributed by atoms with Crippen molar-refractivity contribution in [1.29, 1.82) is 0 Å². The fourth-order valence-electron chi connectivity index (χ4n) is 1.37. The van der Waals surface area contributed by atoms with Crippen LogP contribution in [0, 0.1) is 6.92 Å². The van der Waals surface area contributed by atoms with Gasteiger partial charge in [-0.15, -0.1) is 0 Å². The summed E-state index contributed by atoms with van der Waals surface area (Å²) in [5.41, 5.74) is 4.33. The molecule has 0 amide bonds. The minimum atomic E-state index is 0.339. The lowest BCUT2D eigenvalue weighted by Gasteiger charge is -2.09. The van der Waals surface area contributed by atoms with E-state index in [0.717, 1.165) is 15.6 Å². The average Bonchev–Trinajstić information content (AvgIpc) is 2.40. The first kappa shape index (κ1) is 12.8. The van der Waals surface area contributed by atoms with Crippen molar-refractivity contribution in [2.75, 3.05) is 5.43 Å². The van der Waals surface area contributed by atoms with E-state index >= 15 is 0 Å². The van der Waals surface area contributed by atoms with Gasteiger partial charge in [0.15, 0.2) is 0 Å². The first-order valence-electron chi connectivity index (χ1n) is 5.36. The fourth-order valence-corrected chi connectivity index (χ4v) is 1.64. The SMILES string of the molecule is Cc1cnc(NN)nc1OCc1ccc(Br)cc1. The Kier molecular flexibility index (Phi) is 4.11. The second-order valence-electron chi connectivity index (χ2n) is 3.74. The number of nitrogen functional groups attached to an aromatic ring is 1.